The Labute approximate surface area is 139 Å². The van der Waals surface area contributed by atoms with Crippen molar-refractivity contribution < 1.29 is 14.3 Å². The van der Waals surface area contributed by atoms with Gasteiger partial charge >= 0.3 is 0 Å². The van der Waals surface area contributed by atoms with E-state index in [1.807, 2.05) is 12.1 Å². The molecule has 4 heteroatoms. The maximum atomic E-state index is 10.8. The van der Waals surface area contributed by atoms with Gasteiger partial charge in [-0.15, -0.1) is 0 Å². The summed E-state index contributed by atoms with van der Waals surface area (Å²) in [4.78, 5) is 10.8. The van der Waals surface area contributed by atoms with E-state index in [1.165, 1.54) is 0 Å². The largest absolute Gasteiger partial charge is 0.457 e. The number of carbonyl (C=O) groups excluding carboxylic acids is 1. The molecule has 114 valence electrons. The second kappa shape index (κ2) is 6.99. The number of aldehydes is 1. The molecule has 0 amide bonds. The fourth-order valence-corrected chi connectivity index (χ4v) is 2.13. The van der Waals surface area contributed by atoms with E-state index in [1.54, 1.807) is 60.7 Å². The van der Waals surface area contributed by atoms with E-state index in [0.29, 0.717) is 33.6 Å². The van der Waals surface area contributed by atoms with Crippen LogP contribution >= 0.6 is 11.6 Å². The van der Waals surface area contributed by atoms with Gasteiger partial charge in [0.1, 0.15) is 29.3 Å². The van der Waals surface area contributed by atoms with Crippen LogP contribution < -0.4 is 9.47 Å². The molecule has 3 nitrogen and oxygen atoms in total. The fraction of sp³-hybridized carbons (Fsp3) is 0. The molecule has 0 aromatic heterocycles. The SMILES string of the molecule is O=Cc1cccc(Oc2ccc(Oc3ccc(Cl)cc3)cc2)c1. The predicted molar refractivity (Wildman–Crippen MR) is 89.9 cm³/mol. The maximum absolute atomic E-state index is 10.8. The van der Waals surface area contributed by atoms with Crippen LogP contribution in [0.3, 0.4) is 0 Å². The van der Waals surface area contributed by atoms with Crippen LogP contribution in [-0.2, 0) is 0 Å². The maximum Gasteiger partial charge on any atom is 0.150 e. The summed E-state index contributed by atoms with van der Waals surface area (Å²) in [7, 11) is 0. The Morgan fingerprint density at radius 1 is 0.696 bits per heavy atom. The number of halogens is 1. The number of ether oxygens (including phenoxy) is 2. The van der Waals surface area contributed by atoms with Crippen LogP contribution in [-0.4, -0.2) is 6.29 Å². The van der Waals surface area contributed by atoms with E-state index in [4.69, 9.17) is 21.1 Å². The first-order valence-electron chi connectivity index (χ1n) is 6.99. The van der Waals surface area contributed by atoms with Gasteiger partial charge in [0, 0.05) is 10.6 Å². The molecule has 0 saturated carbocycles. The molecular formula is C19H13ClO3. The lowest BCUT2D eigenvalue weighted by molar-refractivity contribution is 0.112. The lowest BCUT2D eigenvalue weighted by atomic mass is 10.2. The zero-order chi connectivity index (χ0) is 16.1. The normalized spacial score (nSPS) is 10.1. The molecule has 0 heterocycles. The lowest BCUT2D eigenvalue weighted by Gasteiger charge is -2.08. The van der Waals surface area contributed by atoms with Crippen molar-refractivity contribution in [2.45, 2.75) is 0 Å². The number of benzene rings is 3. The van der Waals surface area contributed by atoms with Crippen LogP contribution in [0.4, 0.5) is 0 Å². The standard InChI is InChI=1S/C19H13ClO3/c20-15-4-6-16(7-5-15)22-17-8-10-18(11-9-17)23-19-3-1-2-14(12-19)13-21/h1-13H. The van der Waals surface area contributed by atoms with E-state index in [0.717, 1.165) is 6.29 Å². The third-order valence-corrected chi connectivity index (χ3v) is 3.35. The molecule has 0 radical (unpaired) electrons. The Morgan fingerprint density at radius 2 is 1.22 bits per heavy atom. The molecule has 0 saturated heterocycles. The van der Waals surface area contributed by atoms with Gasteiger partial charge in [-0.05, 0) is 60.7 Å². The van der Waals surface area contributed by atoms with Crippen molar-refractivity contribution >= 4 is 17.9 Å². The van der Waals surface area contributed by atoms with Crippen LogP contribution in [0.1, 0.15) is 10.4 Å². The number of carbonyl (C=O) groups is 1. The fourth-order valence-electron chi connectivity index (χ4n) is 2.00. The summed E-state index contributed by atoms with van der Waals surface area (Å²) in [6.07, 6.45) is 0.788. The average Bonchev–Trinajstić information content (AvgIpc) is 2.59. The van der Waals surface area contributed by atoms with Gasteiger partial charge in [0.15, 0.2) is 0 Å². The first kappa shape index (κ1) is 15.1. The van der Waals surface area contributed by atoms with Crippen molar-refractivity contribution in [2.24, 2.45) is 0 Å². The van der Waals surface area contributed by atoms with Gasteiger partial charge in [-0.2, -0.15) is 0 Å². The van der Waals surface area contributed by atoms with Crippen LogP contribution in [0, 0.1) is 0 Å². The van der Waals surface area contributed by atoms with E-state index in [9.17, 15) is 4.79 Å². The molecule has 0 unspecified atom stereocenters. The summed E-state index contributed by atoms with van der Waals surface area (Å²) >= 11 is 5.84. The van der Waals surface area contributed by atoms with Crippen molar-refractivity contribution in [1.82, 2.24) is 0 Å². The van der Waals surface area contributed by atoms with Crippen molar-refractivity contribution in [3.05, 3.63) is 83.4 Å². The monoisotopic (exact) mass is 324 g/mol. The van der Waals surface area contributed by atoms with E-state index in [-0.39, 0.29) is 0 Å². The highest BCUT2D eigenvalue weighted by molar-refractivity contribution is 6.30. The number of rotatable bonds is 5. The number of hydrogen-bond acceptors (Lipinski definition) is 3. The Hall–Kier alpha value is -2.78. The quantitative estimate of drug-likeness (QED) is 0.561. The Kier molecular flexibility index (Phi) is 4.60. The van der Waals surface area contributed by atoms with Crippen LogP contribution in [0.2, 0.25) is 5.02 Å². The van der Waals surface area contributed by atoms with Crippen molar-refractivity contribution in [2.75, 3.05) is 0 Å². The van der Waals surface area contributed by atoms with Crippen LogP contribution in [0.25, 0.3) is 0 Å². The van der Waals surface area contributed by atoms with Gasteiger partial charge in [-0.1, -0.05) is 23.7 Å². The van der Waals surface area contributed by atoms with Crippen LogP contribution in [0.5, 0.6) is 23.0 Å². The molecule has 3 rings (SSSR count). The lowest BCUT2D eigenvalue weighted by Crippen LogP contribution is -1.87. The first-order chi connectivity index (χ1) is 11.2. The molecule has 0 bridgehead atoms. The summed E-state index contributed by atoms with van der Waals surface area (Å²) in [6.45, 7) is 0. The van der Waals surface area contributed by atoms with Crippen molar-refractivity contribution in [1.29, 1.82) is 0 Å². The average molecular weight is 325 g/mol. The highest BCUT2D eigenvalue weighted by atomic mass is 35.5. The van der Waals surface area contributed by atoms with E-state index in [2.05, 4.69) is 0 Å². The van der Waals surface area contributed by atoms with Gasteiger partial charge < -0.3 is 9.47 Å². The minimum atomic E-state index is 0.574. The molecule has 3 aromatic carbocycles. The Balaban J connectivity index is 1.69. The molecule has 23 heavy (non-hydrogen) atoms. The number of hydrogen-bond donors (Lipinski definition) is 0. The third-order valence-electron chi connectivity index (χ3n) is 3.10. The first-order valence-corrected chi connectivity index (χ1v) is 7.37. The van der Waals surface area contributed by atoms with E-state index < -0.39 is 0 Å². The second-order valence-corrected chi connectivity index (χ2v) is 5.26. The van der Waals surface area contributed by atoms with E-state index >= 15 is 0 Å². The molecule has 0 fully saturated rings. The van der Waals surface area contributed by atoms with Crippen molar-refractivity contribution in [3.63, 3.8) is 0 Å². The molecule has 0 spiro atoms. The molecule has 0 aliphatic carbocycles. The Bertz CT molecular complexity index is 796. The molecular weight excluding hydrogens is 312 g/mol. The summed E-state index contributed by atoms with van der Waals surface area (Å²) in [5.41, 5.74) is 0.574. The topological polar surface area (TPSA) is 35.5 Å². The van der Waals surface area contributed by atoms with Gasteiger partial charge in [-0.3, -0.25) is 4.79 Å². The summed E-state index contributed by atoms with van der Waals surface area (Å²) in [6, 6.07) is 21.4. The predicted octanol–water partition coefficient (Wildman–Crippen LogP) is 5.74. The summed E-state index contributed by atoms with van der Waals surface area (Å²) < 4.78 is 11.4. The molecule has 0 atom stereocenters. The van der Waals surface area contributed by atoms with Gasteiger partial charge in [0.05, 0.1) is 0 Å². The molecule has 0 aliphatic rings. The zero-order valence-corrected chi connectivity index (χ0v) is 12.9. The third kappa shape index (κ3) is 4.11. The smallest absolute Gasteiger partial charge is 0.150 e. The highest BCUT2D eigenvalue weighted by Gasteiger charge is 2.01. The second-order valence-electron chi connectivity index (χ2n) is 4.82. The van der Waals surface area contributed by atoms with Crippen LogP contribution in [0.15, 0.2) is 72.8 Å². The van der Waals surface area contributed by atoms with Crippen molar-refractivity contribution in [3.8, 4) is 23.0 Å². The minimum absolute atomic E-state index is 0.574. The van der Waals surface area contributed by atoms with Gasteiger partial charge in [0.2, 0.25) is 0 Å². The summed E-state index contributed by atoms with van der Waals surface area (Å²) in [5.74, 6) is 2.68. The minimum Gasteiger partial charge on any atom is -0.457 e. The molecule has 3 aromatic rings. The highest BCUT2D eigenvalue weighted by Crippen LogP contribution is 2.27. The Morgan fingerprint density at radius 3 is 1.78 bits per heavy atom. The summed E-state index contributed by atoms with van der Waals surface area (Å²) in [5, 5.41) is 0.665. The van der Waals surface area contributed by atoms with Gasteiger partial charge in [-0.25, -0.2) is 0 Å². The van der Waals surface area contributed by atoms with Gasteiger partial charge in [0.25, 0.3) is 0 Å². The molecule has 0 N–H and O–H groups in total. The molecule has 0 aliphatic heterocycles. The zero-order valence-electron chi connectivity index (χ0n) is 12.1.